The lowest BCUT2D eigenvalue weighted by atomic mass is 10.0. The minimum atomic E-state index is -0.925. The van der Waals surface area contributed by atoms with E-state index >= 15 is 0 Å². The maximum atomic E-state index is 11.8. The van der Waals surface area contributed by atoms with Crippen LogP contribution in [-0.2, 0) is 9.59 Å². The van der Waals surface area contributed by atoms with Gasteiger partial charge in [-0.25, -0.2) is 0 Å². The van der Waals surface area contributed by atoms with E-state index < -0.39 is 11.9 Å². The van der Waals surface area contributed by atoms with Crippen LogP contribution in [0.15, 0.2) is 24.3 Å². The SMILES string of the molecule is CC(CNC(=O)C(C)c1cccc(Cl)c1)C(=O)O. The molecule has 0 saturated heterocycles. The number of halogens is 1. The molecule has 4 nitrogen and oxygen atoms in total. The Labute approximate surface area is 111 Å². The second-order valence-corrected chi connectivity index (χ2v) is 4.70. The van der Waals surface area contributed by atoms with Crippen LogP contribution in [0.1, 0.15) is 25.3 Å². The van der Waals surface area contributed by atoms with Crippen molar-refractivity contribution in [1.82, 2.24) is 5.32 Å². The summed E-state index contributed by atoms with van der Waals surface area (Å²) in [6, 6.07) is 7.06. The largest absolute Gasteiger partial charge is 0.481 e. The molecule has 1 amide bonds. The molecular weight excluding hydrogens is 254 g/mol. The normalized spacial score (nSPS) is 13.7. The third-order valence-electron chi connectivity index (χ3n) is 2.75. The second kappa shape index (κ2) is 6.40. The molecule has 2 unspecified atom stereocenters. The predicted octanol–water partition coefficient (Wildman–Crippen LogP) is 2.28. The second-order valence-electron chi connectivity index (χ2n) is 4.26. The van der Waals surface area contributed by atoms with Crippen molar-refractivity contribution in [2.24, 2.45) is 5.92 Å². The Balaban J connectivity index is 2.59. The third-order valence-corrected chi connectivity index (χ3v) is 2.98. The van der Waals surface area contributed by atoms with Gasteiger partial charge in [0.2, 0.25) is 5.91 Å². The van der Waals surface area contributed by atoms with Crippen molar-refractivity contribution in [1.29, 1.82) is 0 Å². The third kappa shape index (κ3) is 4.04. The molecule has 1 rings (SSSR count). The molecule has 98 valence electrons. The standard InChI is InChI=1S/C13H16ClNO3/c1-8(13(17)18)7-15-12(16)9(2)10-4-3-5-11(14)6-10/h3-6,8-9H,7H2,1-2H3,(H,15,16)(H,17,18). The smallest absolute Gasteiger partial charge is 0.308 e. The lowest BCUT2D eigenvalue weighted by Crippen LogP contribution is -2.34. The average Bonchev–Trinajstić information content (AvgIpc) is 2.34. The van der Waals surface area contributed by atoms with Gasteiger partial charge < -0.3 is 10.4 Å². The van der Waals surface area contributed by atoms with Gasteiger partial charge in [0.15, 0.2) is 0 Å². The summed E-state index contributed by atoms with van der Waals surface area (Å²) in [7, 11) is 0. The fourth-order valence-electron chi connectivity index (χ4n) is 1.42. The summed E-state index contributed by atoms with van der Waals surface area (Å²) in [4.78, 5) is 22.5. The first-order valence-corrected chi connectivity index (χ1v) is 6.05. The summed E-state index contributed by atoms with van der Waals surface area (Å²) in [5.74, 6) is -2.08. The Kier molecular flexibility index (Phi) is 5.16. The van der Waals surface area contributed by atoms with Crippen LogP contribution in [0.25, 0.3) is 0 Å². The summed E-state index contributed by atoms with van der Waals surface area (Å²) in [6.45, 7) is 3.43. The van der Waals surface area contributed by atoms with Crippen molar-refractivity contribution < 1.29 is 14.7 Å². The number of carbonyl (C=O) groups excluding carboxylic acids is 1. The van der Waals surface area contributed by atoms with Gasteiger partial charge >= 0.3 is 5.97 Å². The molecule has 1 aromatic carbocycles. The summed E-state index contributed by atoms with van der Waals surface area (Å²) >= 11 is 5.85. The van der Waals surface area contributed by atoms with Gasteiger partial charge in [0, 0.05) is 11.6 Å². The Morgan fingerprint density at radius 3 is 2.61 bits per heavy atom. The van der Waals surface area contributed by atoms with Crippen molar-refractivity contribution >= 4 is 23.5 Å². The fraction of sp³-hybridized carbons (Fsp3) is 0.385. The number of carboxylic acid groups (broad SMARTS) is 1. The maximum absolute atomic E-state index is 11.8. The monoisotopic (exact) mass is 269 g/mol. The minimum Gasteiger partial charge on any atom is -0.481 e. The number of amides is 1. The molecule has 1 aromatic rings. The van der Waals surface area contributed by atoms with Crippen LogP contribution in [0.2, 0.25) is 5.02 Å². The van der Waals surface area contributed by atoms with E-state index in [0.29, 0.717) is 5.02 Å². The van der Waals surface area contributed by atoms with Gasteiger partial charge in [-0.3, -0.25) is 9.59 Å². The number of carboxylic acids is 1. The first kappa shape index (κ1) is 14.5. The zero-order chi connectivity index (χ0) is 13.7. The van der Waals surface area contributed by atoms with E-state index in [1.54, 1.807) is 32.0 Å². The quantitative estimate of drug-likeness (QED) is 0.862. The van der Waals surface area contributed by atoms with E-state index in [9.17, 15) is 9.59 Å². The highest BCUT2D eigenvalue weighted by atomic mass is 35.5. The highest BCUT2D eigenvalue weighted by Crippen LogP contribution is 2.19. The molecule has 0 aliphatic heterocycles. The molecule has 5 heteroatoms. The van der Waals surface area contributed by atoms with Gasteiger partial charge in [0.25, 0.3) is 0 Å². The van der Waals surface area contributed by atoms with Crippen LogP contribution in [0.5, 0.6) is 0 Å². The highest BCUT2D eigenvalue weighted by Gasteiger charge is 2.17. The first-order chi connectivity index (χ1) is 8.41. The topological polar surface area (TPSA) is 66.4 Å². The number of hydrogen-bond acceptors (Lipinski definition) is 2. The van der Waals surface area contributed by atoms with E-state index in [1.165, 1.54) is 0 Å². The van der Waals surface area contributed by atoms with Crippen molar-refractivity contribution in [2.75, 3.05) is 6.54 Å². The van der Waals surface area contributed by atoms with E-state index in [0.717, 1.165) is 5.56 Å². The zero-order valence-corrected chi connectivity index (χ0v) is 11.1. The van der Waals surface area contributed by atoms with Crippen LogP contribution in [0.3, 0.4) is 0 Å². The van der Waals surface area contributed by atoms with Crippen LogP contribution < -0.4 is 5.32 Å². The van der Waals surface area contributed by atoms with E-state index in [4.69, 9.17) is 16.7 Å². The number of benzene rings is 1. The molecule has 0 spiro atoms. The van der Waals surface area contributed by atoms with Crippen LogP contribution in [0.4, 0.5) is 0 Å². The summed E-state index contributed by atoms with van der Waals surface area (Å²) < 4.78 is 0. The Hall–Kier alpha value is -1.55. The molecule has 0 bridgehead atoms. The molecule has 0 heterocycles. The van der Waals surface area contributed by atoms with Gasteiger partial charge in [0.1, 0.15) is 0 Å². The maximum Gasteiger partial charge on any atom is 0.308 e. The van der Waals surface area contributed by atoms with Gasteiger partial charge in [0.05, 0.1) is 11.8 Å². The highest BCUT2D eigenvalue weighted by molar-refractivity contribution is 6.30. The minimum absolute atomic E-state index is 0.124. The Morgan fingerprint density at radius 2 is 2.06 bits per heavy atom. The molecule has 18 heavy (non-hydrogen) atoms. The lowest BCUT2D eigenvalue weighted by Gasteiger charge is -2.14. The first-order valence-electron chi connectivity index (χ1n) is 5.67. The number of rotatable bonds is 5. The Morgan fingerprint density at radius 1 is 1.39 bits per heavy atom. The van der Waals surface area contributed by atoms with Crippen molar-refractivity contribution in [3.63, 3.8) is 0 Å². The number of carbonyl (C=O) groups is 2. The molecule has 2 atom stereocenters. The lowest BCUT2D eigenvalue weighted by molar-refractivity contribution is -0.141. The number of nitrogens with one attached hydrogen (secondary N) is 1. The van der Waals surface area contributed by atoms with Crippen molar-refractivity contribution in [2.45, 2.75) is 19.8 Å². The number of hydrogen-bond donors (Lipinski definition) is 2. The molecule has 0 radical (unpaired) electrons. The van der Waals surface area contributed by atoms with Crippen molar-refractivity contribution in [3.05, 3.63) is 34.9 Å². The number of aliphatic carboxylic acids is 1. The molecule has 0 aliphatic carbocycles. The van der Waals surface area contributed by atoms with Crippen LogP contribution in [-0.4, -0.2) is 23.5 Å². The summed E-state index contributed by atoms with van der Waals surface area (Å²) in [6.07, 6.45) is 0. The van der Waals surface area contributed by atoms with E-state index in [1.807, 2.05) is 6.07 Å². The molecule has 2 N–H and O–H groups in total. The van der Waals surface area contributed by atoms with Gasteiger partial charge in [-0.15, -0.1) is 0 Å². The van der Waals surface area contributed by atoms with E-state index in [2.05, 4.69) is 5.32 Å². The molecule has 0 fully saturated rings. The van der Waals surface area contributed by atoms with Crippen LogP contribution >= 0.6 is 11.6 Å². The van der Waals surface area contributed by atoms with Gasteiger partial charge in [-0.1, -0.05) is 30.7 Å². The molecule has 0 saturated carbocycles. The predicted molar refractivity (Wildman–Crippen MR) is 69.7 cm³/mol. The molecular formula is C13H16ClNO3. The fourth-order valence-corrected chi connectivity index (χ4v) is 1.62. The zero-order valence-electron chi connectivity index (χ0n) is 10.3. The van der Waals surface area contributed by atoms with Crippen LogP contribution in [0, 0.1) is 5.92 Å². The van der Waals surface area contributed by atoms with E-state index in [-0.39, 0.29) is 18.4 Å². The molecule has 0 aliphatic rings. The van der Waals surface area contributed by atoms with Gasteiger partial charge in [-0.05, 0) is 24.6 Å². The van der Waals surface area contributed by atoms with Crippen molar-refractivity contribution in [3.8, 4) is 0 Å². The molecule has 0 aromatic heterocycles. The summed E-state index contributed by atoms with van der Waals surface area (Å²) in [5.41, 5.74) is 0.808. The average molecular weight is 270 g/mol. The van der Waals surface area contributed by atoms with Gasteiger partial charge in [-0.2, -0.15) is 0 Å². The summed E-state index contributed by atoms with van der Waals surface area (Å²) in [5, 5.41) is 11.9. The Bertz CT molecular complexity index is 448.